The van der Waals surface area contributed by atoms with Gasteiger partial charge in [0.05, 0.1) is 17.1 Å². The van der Waals surface area contributed by atoms with Crippen molar-refractivity contribution in [2.75, 3.05) is 36.0 Å². The van der Waals surface area contributed by atoms with Crippen LogP contribution in [-0.2, 0) is 0 Å². The first-order valence-electron chi connectivity index (χ1n) is 8.58. The van der Waals surface area contributed by atoms with Crippen molar-refractivity contribution in [2.24, 2.45) is 0 Å². The van der Waals surface area contributed by atoms with Crippen molar-refractivity contribution in [1.82, 2.24) is 0 Å². The van der Waals surface area contributed by atoms with Crippen molar-refractivity contribution >= 4 is 17.1 Å². The summed E-state index contributed by atoms with van der Waals surface area (Å²) in [6.45, 7) is 2.11. The number of nitrogens with zero attached hydrogens (tertiary/aromatic N) is 4. The predicted molar refractivity (Wildman–Crippen MR) is 92.7 cm³/mol. The molecule has 2 atom stereocenters. The molecule has 2 saturated heterocycles. The van der Waals surface area contributed by atoms with Gasteiger partial charge in [0.2, 0.25) is 0 Å². The molecular formula is C17H22N4O4. The van der Waals surface area contributed by atoms with Crippen LogP contribution in [0.15, 0.2) is 12.1 Å². The maximum Gasteiger partial charge on any atom is 0.310 e. The first-order valence-corrected chi connectivity index (χ1v) is 8.58. The van der Waals surface area contributed by atoms with Gasteiger partial charge in [0.1, 0.15) is 17.3 Å². The highest BCUT2D eigenvalue weighted by molar-refractivity contribution is 5.76. The van der Waals surface area contributed by atoms with Crippen molar-refractivity contribution in [3.8, 4) is 6.07 Å². The van der Waals surface area contributed by atoms with Gasteiger partial charge in [-0.2, -0.15) is 5.26 Å². The summed E-state index contributed by atoms with van der Waals surface area (Å²) >= 11 is 0. The van der Waals surface area contributed by atoms with Crippen LogP contribution in [0.2, 0.25) is 0 Å². The standard InChI is InChI=1S/C17H22N4O4/c18-9-12-7-13(19-5-1-3-14(22)10-19)8-16(17(12)21(24)25)20-6-2-4-15(23)11-20/h7-8,14-15,22-23H,1-6,10-11H2/t14-,15+/m0/s1. The average molecular weight is 346 g/mol. The summed E-state index contributed by atoms with van der Waals surface area (Å²) in [5.74, 6) is 0. The molecule has 2 aliphatic rings. The zero-order valence-corrected chi connectivity index (χ0v) is 14.0. The number of nitro groups is 1. The van der Waals surface area contributed by atoms with Crippen LogP contribution >= 0.6 is 0 Å². The largest absolute Gasteiger partial charge is 0.391 e. The van der Waals surface area contributed by atoms with E-state index in [1.165, 1.54) is 6.07 Å². The van der Waals surface area contributed by atoms with Crippen LogP contribution in [0, 0.1) is 21.4 Å². The molecular weight excluding hydrogens is 324 g/mol. The Morgan fingerprint density at radius 2 is 1.72 bits per heavy atom. The van der Waals surface area contributed by atoms with Crippen molar-refractivity contribution in [3.63, 3.8) is 0 Å². The molecule has 3 rings (SSSR count). The van der Waals surface area contributed by atoms with Crippen LogP contribution in [0.25, 0.3) is 0 Å². The molecule has 0 amide bonds. The van der Waals surface area contributed by atoms with E-state index in [0.717, 1.165) is 25.8 Å². The van der Waals surface area contributed by atoms with Crippen LogP contribution in [0.1, 0.15) is 31.2 Å². The average Bonchev–Trinajstić information content (AvgIpc) is 2.60. The molecule has 0 bridgehead atoms. The van der Waals surface area contributed by atoms with Gasteiger partial charge in [-0.1, -0.05) is 0 Å². The van der Waals surface area contributed by atoms with E-state index in [1.54, 1.807) is 11.0 Å². The molecule has 2 aliphatic heterocycles. The molecule has 0 aromatic heterocycles. The van der Waals surface area contributed by atoms with Crippen LogP contribution in [0.5, 0.6) is 0 Å². The topological polar surface area (TPSA) is 114 Å². The van der Waals surface area contributed by atoms with E-state index in [1.807, 2.05) is 11.0 Å². The number of hydrogen-bond donors (Lipinski definition) is 2. The van der Waals surface area contributed by atoms with Gasteiger partial charge in [0.15, 0.2) is 0 Å². The second-order valence-corrected chi connectivity index (χ2v) is 6.71. The van der Waals surface area contributed by atoms with Crippen molar-refractivity contribution in [3.05, 3.63) is 27.8 Å². The Bertz CT molecular complexity index is 703. The fourth-order valence-electron chi connectivity index (χ4n) is 3.67. The van der Waals surface area contributed by atoms with Crippen LogP contribution < -0.4 is 9.80 Å². The molecule has 25 heavy (non-hydrogen) atoms. The second-order valence-electron chi connectivity index (χ2n) is 6.71. The minimum absolute atomic E-state index is 0.0117. The molecule has 2 heterocycles. The molecule has 2 fully saturated rings. The van der Waals surface area contributed by atoms with Gasteiger partial charge in [-0.3, -0.25) is 10.1 Å². The fraction of sp³-hybridized carbons (Fsp3) is 0.588. The quantitative estimate of drug-likeness (QED) is 0.628. The van der Waals surface area contributed by atoms with E-state index in [2.05, 4.69) is 0 Å². The van der Waals surface area contributed by atoms with E-state index < -0.39 is 17.1 Å². The summed E-state index contributed by atoms with van der Waals surface area (Å²) in [7, 11) is 0. The Morgan fingerprint density at radius 1 is 1.12 bits per heavy atom. The number of benzene rings is 1. The number of β-amino-alcohol motifs (C(OH)–C–C–N with tert-alkyl or cyclic N) is 2. The maximum atomic E-state index is 11.6. The van der Waals surface area contributed by atoms with Crippen molar-refractivity contribution < 1.29 is 15.1 Å². The van der Waals surface area contributed by atoms with Gasteiger partial charge in [-0.25, -0.2) is 0 Å². The smallest absolute Gasteiger partial charge is 0.310 e. The Hall–Kier alpha value is -2.37. The normalized spacial score (nSPS) is 24.0. The number of piperidine rings is 2. The van der Waals surface area contributed by atoms with Crippen molar-refractivity contribution in [1.29, 1.82) is 5.26 Å². The lowest BCUT2D eigenvalue weighted by atomic mass is 10.0. The fourth-order valence-corrected chi connectivity index (χ4v) is 3.67. The van der Waals surface area contributed by atoms with Gasteiger partial charge < -0.3 is 20.0 Å². The second kappa shape index (κ2) is 7.25. The van der Waals surface area contributed by atoms with E-state index >= 15 is 0 Å². The molecule has 1 aromatic rings. The van der Waals surface area contributed by atoms with Gasteiger partial charge >= 0.3 is 5.69 Å². The van der Waals surface area contributed by atoms with E-state index in [-0.39, 0.29) is 11.3 Å². The maximum absolute atomic E-state index is 11.6. The highest BCUT2D eigenvalue weighted by atomic mass is 16.6. The molecule has 0 spiro atoms. The van der Waals surface area contributed by atoms with Gasteiger partial charge in [-0.05, 0) is 37.8 Å². The van der Waals surface area contributed by atoms with Gasteiger partial charge in [-0.15, -0.1) is 0 Å². The van der Waals surface area contributed by atoms with Gasteiger partial charge in [0, 0.05) is 31.9 Å². The number of rotatable bonds is 3. The molecule has 0 saturated carbocycles. The predicted octanol–water partition coefficient (Wildman–Crippen LogP) is 1.39. The molecule has 0 radical (unpaired) electrons. The van der Waals surface area contributed by atoms with Crippen LogP contribution in [0.3, 0.4) is 0 Å². The third-order valence-electron chi connectivity index (χ3n) is 4.88. The third-order valence-corrected chi connectivity index (χ3v) is 4.88. The Kier molecular flexibility index (Phi) is 5.06. The van der Waals surface area contributed by atoms with E-state index in [4.69, 9.17) is 0 Å². The first kappa shape index (κ1) is 17.5. The first-order chi connectivity index (χ1) is 12.0. The summed E-state index contributed by atoms with van der Waals surface area (Å²) in [5, 5.41) is 40.8. The Labute approximate surface area is 146 Å². The molecule has 1 aromatic carbocycles. The Balaban J connectivity index is 2.05. The number of nitriles is 1. The third kappa shape index (κ3) is 3.67. The van der Waals surface area contributed by atoms with Gasteiger partial charge in [0.25, 0.3) is 0 Å². The molecule has 8 nitrogen and oxygen atoms in total. The summed E-state index contributed by atoms with van der Waals surface area (Å²) in [6.07, 6.45) is 2.02. The molecule has 0 unspecified atom stereocenters. The number of anilines is 2. The zero-order chi connectivity index (χ0) is 18.0. The highest BCUT2D eigenvalue weighted by Crippen LogP contribution is 2.38. The SMILES string of the molecule is N#Cc1cc(N2CCC[C@H](O)C2)cc(N2CCC[C@@H](O)C2)c1[N+](=O)[O-]. The zero-order valence-electron chi connectivity index (χ0n) is 14.0. The molecule has 134 valence electrons. The Morgan fingerprint density at radius 3 is 2.28 bits per heavy atom. The number of nitro benzene ring substituents is 1. The minimum atomic E-state index is -0.528. The molecule has 8 heteroatoms. The summed E-state index contributed by atoms with van der Waals surface area (Å²) in [6, 6.07) is 5.18. The number of aliphatic hydroxyl groups is 2. The highest BCUT2D eigenvalue weighted by Gasteiger charge is 2.30. The lowest BCUT2D eigenvalue weighted by Crippen LogP contribution is -2.40. The lowest BCUT2D eigenvalue weighted by molar-refractivity contribution is -0.384. The summed E-state index contributed by atoms with van der Waals surface area (Å²) in [5.41, 5.74) is 0.879. The minimum Gasteiger partial charge on any atom is -0.391 e. The van der Waals surface area contributed by atoms with Crippen molar-refractivity contribution in [2.45, 2.75) is 37.9 Å². The number of aliphatic hydroxyl groups excluding tert-OH is 2. The monoisotopic (exact) mass is 346 g/mol. The van der Waals surface area contributed by atoms with Crippen LogP contribution in [-0.4, -0.2) is 53.5 Å². The molecule has 2 N–H and O–H groups in total. The summed E-state index contributed by atoms with van der Waals surface area (Å²) in [4.78, 5) is 14.8. The van der Waals surface area contributed by atoms with E-state index in [0.29, 0.717) is 37.4 Å². The molecule has 0 aliphatic carbocycles. The lowest BCUT2D eigenvalue weighted by Gasteiger charge is -2.35. The van der Waals surface area contributed by atoms with Crippen LogP contribution in [0.4, 0.5) is 17.1 Å². The van der Waals surface area contributed by atoms with E-state index in [9.17, 15) is 25.6 Å². The summed E-state index contributed by atoms with van der Waals surface area (Å²) < 4.78 is 0. The number of hydrogen-bond acceptors (Lipinski definition) is 7.